The van der Waals surface area contributed by atoms with E-state index in [-0.39, 0.29) is 10.2 Å². The van der Waals surface area contributed by atoms with Gasteiger partial charge >= 0.3 is 6.18 Å². The molecule has 0 saturated heterocycles. The molecule has 1 fully saturated rings. The third-order valence-corrected chi connectivity index (χ3v) is 3.51. The Balaban J connectivity index is 2.58. The molecule has 1 aliphatic carbocycles. The Morgan fingerprint density at radius 1 is 1.35 bits per heavy atom. The van der Waals surface area contributed by atoms with E-state index in [1.807, 2.05) is 0 Å². The maximum Gasteiger partial charge on any atom is 0.420 e. The molecular weight excluding hydrogens is 299 g/mol. The number of ether oxygens (including phenoxy) is 1. The van der Waals surface area contributed by atoms with Crippen molar-refractivity contribution in [3.63, 3.8) is 0 Å². The van der Waals surface area contributed by atoms with Crippen LogP contribution in [0.4, 0.5) is 13.2 Å². The number of methoxy groups -OCH3 is 1. The molecule has 94 valence electrons. The van der Waals surface area contributed by atoms with Crippen molar-refractivity contribution >= 4 is 15.9 Å². The summed E-state index contributed by atoms with van der Waals surface area (Å²) in [5.41, 5.74) is 5.02. The predicted octanol–water partition coefficient (Wildman–Crippen LogP) is 3.42. The van der Waals surface area contributed by atoms with Gasteiger partial charge in [0, 0.05) is 5.54 Å². The summed E-state index contributed by atoms with van der Waals surface area (Å²) in [7, 11) is 1.21. The first-order chi connectivity index (χ1) is 7.78. The summed E-state index contributed by atoms with van der Waals surface area (Å²) in [6, 6.07) is 2.68. The van der Waals surface area contributed by atoms with Gasteiger partial charge in [-0.1, -0.05) is 0 Å². The SMILES string of the molecule is COc1c(Br)cc(C2(N)CC2)cc1C(F)(F)F. The minimum absolute atomic E-state index is 0.203. The Kier molecular flexibility index (Phi) is 2.90. The molecule has 6 heteroatoms. The monoisotopic (exact) mass is 309 g/mol. The van der Waals surface area contributed by atoms with Crippen molar-refractivity contribution in [3.8, 4) is 5.75 Å². The number of rotatable bonds is 2. The minimum Gasteiger partial charge on any atom is -0.495 e. The standard InChI is InChI=1S/C11H11BrF3NO/c1-17-9-7(11(13,14)15)4-6(5-8(9)12)10(16)2-3-10/h4-5H,2-3,16H2,1H3. The zero-order valence-electron chi connectivity index (χ0n) is 9.07. The van der Waals surface area contributed by atoms with Crippen LogP contribution in [0.15, 0.2) is 16.6 Å². The van der Waals surface area contributed by atoms with Gasteiger partial charge in [-0.15, -0.1) is 0 Å². The molecule has 17 heavy (non-hydrogen) atoms. The van der Waals surface area contributed by atoms with E-state index in [2.05, 4.69) is 15.9 Å². The third kappa shape index (κ3) is 2.28. The molecule has 1 aliphatic rings. The number of alkyl halides is 3. The zero-order valence-corrected chi connectivity index (χ0v) is 10.7. The Labute approximate surface area is 105 Å². The highest BCUT2D eigenvalue weighted by Gasteiger charge is 2.43. The molecule has 2 rings (SSSR count). The molecule has 0 heterocycles. The second-order valence-corrected chi connectivity index (χ2v) is 5.05. The van der Waals surface area contributed by atoms with Crippen molar-refractivity contribution in [2.24, 2.45) is 5.73 Å². The van der Waals surface area contributed by atoms with Crippen LogP contribution in [0.5, 0.6) is 5.75 Å². The van der Waals surface area contributed by atoms with Crippen LogP contribution >= 0.6 is 15.9 Å². The van der Waals surface area contributed by atoms with E-state index < -0.39 is 17.3 Å². The lowest BCUT2D eigenvalue weighted by Gasteiger charge is -2.17. The van der Waals surface area contributed by atoms with E-state index in [1.54, 1.807) is 6.07 Å². The fourth-order valence-corrected chi connectivity index (χ4v) is 2.34. The number of halogens is 4. The van der Waals surface area contributed by atoms with Crippen LogP contribution in [-0.2, 0) is 11.7 Å². The molecule has 1 aromatic rings. The van der Waals surface area contributed by atoms with Gasteiger partial charge in [0.05, 0.1) is 17.1 Å². The molecule has 0 spiro atoms. The molecule has 2 N–H and O–H groups in total. The van der Waals surface area contributed by atoms with Gasteiger partial charge in [0.1, 0.15) is 5.75 Å². The smallest absolute Gasteiger partial charge is 0.420 e. The second kappa shape index (κ2) is 3.88. The van der Waals surface area contributed by atoms with E-state index in [9.17, 15) is 13.2 Å². The second-order valence-electron chi connectivity index (χ2n) is 4.19. The molecule has 1 aromatic carbocycles. The molecule has 0 bridgehead atoms. The largest absolute Gasteiger partial charge is 0.495 e. The van der Waals surface area contributed by atoms with Gasteiger partial charge in [-0.05, 0) is 46.5 Å². The highest BCUT2D eigenvalue weighted by Crippen LogP contribution is 2.48. The van der Waals surface area contributed by atoms with Gasteiger partial charge in [0.2, 0.25) is 0 Å². The van der Waals surface area contributed by atoms with Crippen LogP contribution in [0.1, 0.15) is 24.0 Å². The molecule has 0 unspecified atom stereocenters. The lowest BCUT2D eigenvalue weighted by atomic mass is 10.0. The van der Waals surface area contributed by atoms with Gasteiger partial charge in [-0.2, -0.15) is 13.2 Å². The highest BCUT2D eigenvalue weighted by molar-refractivity contribution is 9.10. The van der Waals surface area contributed by atoms with Crippen molar-refractivity contribution in [1.82, 2.24) is 0 Å². The molecule has 2 nitrogen and oxygen atoms in total. The number of hydrogen-bond donors (Lipinski definition) is 1. The molecule has 1 saturated carbocycles. The van der Waals surface area contributed by atoms with Crippen molar-refractivity contribution in [1.29, 1.82) is 0 Å². The molecule has 0 amide bonds. The lowest BCUT2D eigenvalue weighted by Crippen LogP contribution is -2.20. The van der Waals surface area contributed by atoms with Crippen LogP contribution in [0.3, 0.4) is 0 Å². The van der Waals surface area contributed by atoms with E-state index in [0.29, 0.717) is 18.4 Å². The van der Waals surface area contributed by atoms with Crippen molar-refractivity contribution < 1.29 is 17.9 Å². The first-order valence-electron chi connectivity index (χ1n) is 5.02. The van der Waals surface area contributed by atoms with E-state index in [0.717, 1.165) is 6.07 Å². The van der Waals surface area contributed by atoms with Crippen LogP contribution in [0.2, 0.25) is 0 Å². The lowest BCUT2D eigenvalue weighted by molar-refractivity contribution is -0.138. The zero-order chi connectivity index (χ0) is 12.8. The summed E-state index contributed by atoms with van der Waals surface area (Å²) in [6.45, 7) is 0. The van der Waals surface area contributed by atoms with Crippen molar-refractivity contribution in [2.45, 2.75) is 24.6 Å². The molecule has 0 atom stereocenters. The summed E-state index contributed by atoms with van der Waals surface area (Å²) < 4.78 is 43.6. The normalized spacial score (nSPS) is 18.0. The minimum atomic E-state index is -4.45. The molecule has 0 aliphatic heterocycles. The first-order valence-corrected chi connectivity index (χ1v) is 5.81. The van der Waals surface area contributed by atoms with Crippen molar-refractivity contribution in [3.05, 3.63) is 27.7 Å². The summed E-state index contributed by atoms with van der Waals surface area (Å²) >= 11 is 3.09. The first kappa shape index (κ1) is 12.7. The Morgan fingerprint density at radius 2 is 1.94 bits per heavy atom. The predicted molar refractivity (Wildman–Crippen MR) is 60.8 cm³/mol. The summed E-state index contributed by atoms with van der Waals surface area (Å²) in [6.07, 6.45) is -3.03. The van der Waals surface area contributed by atoms with Gasteiger partial charge < -0.3 is 10.5 Å². The Morgan fingerprint density at radius 3 is 2.35 bits per heavy atom. The van der Waals surface area contributed by atoms with Crippen molar-refractivity contribution in [2.75, 3.05) is 7.11 Å². The van der Waals surface area contributed by atoms with Gasteiger partial charge in [0.15, 0.2) is 0 Å². The molecular formula is C11H11BrF3NO. The Hall–Kier alpha value is -0.750. The van der Waals surface area contributed by atoms with Crippen LogP contribution in [-0.4, -0.2) is 7.11 Å². The Bertz CT molecular complexity index is 455. The van der Waals surface area contributed by atoms with Crippen LogP contribution in [0, 0.1) is 0 Å². The van der Waals surface area contributed by atoms with Gasteiger partial charge in [-0.25, -0.2) is 0 Å². The van der Waals surface area contributed by atoms with Crippen LogP contribution < -0.4 is 10.5 Å². The van der Waals surface area contributed by atoms with Crippen LogP contribution in [0.25, 0.3) is 0 Å². The average Bonchev–Trinajstić information content (AvgIpc) is 2.95. The molecule has 0 aromatic heterocycles. The number of nitrogens with two attached hydrogens (primary N) is 1. The summed E-state index contributed by atoms with van der Waals surface area (Å²) in [5, 5.41) is 0. The maximum atomic E-state index is 12.9. The average molecular weight is 310 g/mol. The molecule has 0 radical (unpaired) electrons. The quantitative estimate of drug-likeness (QED) is 0.908. The number of benzene rings is 1. The fraction of sp³-hybridized carbons (Fsp3) is 0.455. The highest BCUT2D eigenvalue weighted by atomic mass is 79.9. The summed E-state index contributed by atoms with van der Waals surface area (Å²) in [4.78, 5) is 0. The summed E-state index contributed by atoms with van der Waals surface area (Å²) in [5.74, 6) is -0.203. The van der Waals surface area contributed by atoms with E-state index in [4.69, 9.17) is 10.5 Å². The fourth-order valence-electron chi connectivity index (χ4n) is 1.72. The third-order valence-electron chi connectivity index (χ3n) is 2.92. The number of hydrogen-bond acceptors (Lipinski definition) is 2. The van der Waals surface area contributed by atoms with Gasteiger partial charge in [-0.3, -0.25) is 0 Å². The topological polar surface area (TPSA) is 35.2 Å². The van der Waals surface area contributed by atoms with E-state index >= 15 is 0 Å². The van der Waals surface area contributed by atoms with E-state index in [1.165, 1.54) is 7.11 Å². The maximum absolute atomic E-state index is 12.9. The van der Waals surface area contributed by atoms with Gasteiger partial charge in [0.25, 0.3) is 0 Å².